The third-order valence-corrected chi connectivity index (χ3v) is 5.59. The van der Waals surface area contributed by atoms with Crippen LogP contribution in [0.4, 0.5) is 4.39 Å². The number of carbonyl (C=O) groups excluding carboxylic acids is 1. The van der Waals surface area contributed by atoms with E-state index in [9.17, 15) is 9.18 Å². The predicted molar refractivity (Wildman–Crippen MR) is 103 cm³/mol. The van der Waals surface area contributed by atoms with Gasteiger partial charge in [-0.15, -0.1) is 0 Å². The zero-order chi connectivity index (χ0) is 19.6. The van der Waals surface area contributed by atoms with Gasteiger partial charge in [-0.1, -0.05) is 31.0 Å². The molecule has 0 aliphatic heterocycles. The van der Waals surface area contributed by atoms with Crippen LogP contribution in [0, 0.1) is 5.82 Å². The van der Waals surface area contributed by atoms with Crippen molar-refractivity contribution < 1.29 is 14.3 Å². The van der Waals surface area contributed by atoms with Gasteiger partial charge in [0.2, 0.25) is 0 Å². The number of aliphatic hydroxyl groups excluding tert-OH is 1. The zero-order valence-corrected chi connectivity index (χ0v) is 15.6. The number of hydrogen-bond acceptors (Lipinski definition) is 4. The minimum atomic E-state index is -0.368. The Morgan fingerprint density at radius 3 is 2.82 bits per heavy atom. The summed E-state index contributed by atoms with van der Waals surface area (Å²) in [5, 5.41) is 16.3. The maximum atomic E-state index is 14.4. The van der Waals surface area contributed by atoms with Crippen LogP contribution in [0.2, 0.25) is 0 Å². The zero-order valence-electron chi connectivity index (χ0n) is 15.6. The molecule has 2 N–H and O–H groups in total. The van der Waals surface area contributed by atoms with Crippen LogP contribution in [-0.4, -0.2) is 38.8 Å². The second-order valence-corrected chi connectivity index (χ2v) is 7.42. The summed E-state index contributed by atoms with van der Waals surface area (Å²) in [5.74, 6) is -0.510. The summed E-state index contributed by atoms with van der Waals surface area (Å²) >= 11 is 0. The molecule has 3 aromatic rings. The smallest absolute Gasteiger partial charge is 0.271 e. The lowest BCUT2D eigenvalue weighted by Gasteiger charge is -2.30. The maximum absolute atomic E-state index is 14.4. The summed E-state index contributed by atoms with van der Waals surface area (Å²) in [6.07, 6.45) is 7.66. The summed E-state index contributed by atoms with van der Waals surface area (Å²) in [6.45, 7) is 0.407. The van der Waals surface area contributed by atoms with Crippen molar-refractivity contribution in [3.05, 3.63) is 65.4 Å². The van der Waals surface area contributed by atoms with Crippen LogP contribution in [0.25, 0.3) is 5.65 Å². The number of carbonyl (C=O) groups is 1. The quantitative estimate of drug-likeness (QED) is 0.687. The Morgan fingerprint density at radius 1 is 1.29 bits per heavy atom. The molecule has 28 heavy (non-hydrogen) atoms. The van der Waals surface area contributed by atoms with Crippen LogP contribution < -0.4 is 5.32 Å². The van der Waals surface area contributed by atoms with E-state index in [4.69, 9.17) is 5.11 Å². The molecule has 6 nitrogen and oxygen atoms in total. The Balaban J connectivity index is 1.53. The van der Waals surface area contributed by atoms with Gasteiger partial charge >= 0.3 is 0 Å². The normalized spacial score (nSPS) is 15.8. The largest absolute Gasteiger partial charge is 0.396 e. The molecular weight excluding hydrogens is 359 g/mol. The summed E-state index contributed by atoms with van der Waals surface area (Å²) in [5.41, 5.74) is 1.99. The predicted octanol–water partition coefficient (Wildman–Crippen LogP) is 2.65. The van der Waals surface area contributed by atoms with Gasteiger partial charge in [-0.3, -0.25) is 4.79 Å². The van der Waals surface area contributed by atoms with E-state index in [1.54, 1.807) is 29.0 Å². The molecule has 2 aromatic heterocycles. The Labute approximate surface area is 162 Å². The number of benzene rings is 1. The van der Waals surface area contributed by atoms with Crippen LogP contribution in [0.5, 0.6) is 0 Å². The summed E-state index contributed by atoms with van der Waals surface area (Å²) in [7, 11) is 0. The molecule has 0 atom stereocenters. The molecule has 4 rings (SSSR count). The molecule has 2 heterocycles. The van der Waals surface area contributed by atoms with Crippen molar-refractivity contribution in [1.29, 1.82) is 0 Å². The Bertz CT molecular complexity index is 995. The van der Waals surface area contributed by atoms with Crippen molar-refractivity contribution in [1.82, 2.24) is 19.9 Å². The second kappa shape index (κ2) is 7.67. The van der Waals surface area contributed by atoms with Crippen molar-refractivity contribution in [3.63, 3.8) is 0 Å². The fourth-order valence-corrected chi connectivity index (χ4v) is 4.11. The van der Waals surface area contributed by atoms with Gasteiger partial charge in [-0.25, -0.2) is 13.9 Å². The molecule has 1 aliphatic rings. The summed E-state index contributed by atoms with van der Waals surface area (Å²) in [4.78, 5) is 17.0. The van der Waals surface area contributed by atoms with Gasteiger partial charge in [0.25, 0.3) is 5.91 Å². The summed E-state index contributed by atoms with van der Waals surface area (Å²) in [6, 6.07) is 8.47. The average molecular weight is 382 g/mol. The minimum Gasteiger partial charge on any atom is -0.396 e. The number of aromatic nitrogens is 3. The van der Waals surface area contributed by atoms with E-state index in [0.29, 0.717) is 24.2 Å². The Morgan fingerprint density at radius 2 is 2.07 bits per heavy atom. The van der Waals surface area contributed by atoms with E-state index in [0.717, 1.165) is 31.2 Å². The standard InChI is InChI=1S/C21H23FN4O2/c22-17-6-2-1-5-16(17)21(8-3-4-9-21)14-24-20(28)18-11-19-23-12-15(7-10-27)13-26(19)25-18/h1-2,5-6,11-13,27H,3-4,7-10,14H2,(H,24,28). The number of fused-ring (bicyclic) bond motifs is 1. The molecule has 7 heteroatoms. The van der Waals surface area contributed by atoms with Gasteiger partial charge in [-0.05, 0) is 36.5 Å². The third-order valence-electron chi connectivity index (χ3n) is 5.59. The van der Waals surface area contributed by atoms with Crippen molar-refractivity contribution in [3.8, 4) is 0 Å². The lowest BCUT2D eigenvalue weighted by Crippen LogP contribution is -2.39. The average Bonchev–Trinajstić information content (AvgIpc) is 3.34. The second-order valence-electron chi connectivity index (χ2n) is 7.42. The van der Waals surface area contributed by atoms with Gasteiger partial charge in [-0.2, -0.15) is 5.10 Å². The van der Waals surface area contributed by atoms with Crippen LogP contribution >= 0.6 is 0 Å². The Kier molecular flexibility index (Phi) is 5.09. The van der Waals surface area contributed by atoms with E-state index in [-0.39, 0.29) is 29.4 Å². The van der Waals surface area contributed by atoms with Crippen molar-refractivity contribution in [2.24, 2.45) is 0 Å². The van der Waals surface area contributed by atoms with Crippen LogP contribution in [0.1, 0.15) is 47.3 Å². The third kappa shape index (κ3) is 3.49. The molecule has 1 amide bonds. The van der Waals surface area contributed by atoms with Gasteiger partial charge in [0.15, 0.2) is 11.3 Å². The number of halogens is 1. The van der Waals surface area contributed by atoms with Crippen molar-refractivity contribution >= 4 is 11.6 Å². The number of rotatable bonds is 6. The fraction of sp³-hybridized carbons (Fsp3) is 0.381. The van der Waals surface area contributed by atoms with Gasteiger partial charge in [0.1, 0.15) is 5.82 Å². The molecule has 1 aromatic carbocycles. The topological polar surface area (TPSA) is 79.5 Å². The number of hydrogen-bond donors (Lipinski definition) is 2. The molecule has 146 valence electrons. The highest BCUT2D eigenvalue weighted by Crippen LogP contribution is 2.41. The highest BCUT2D eigenvalue weighted by Gasteiger charge is 2.38. The molecule has 0 saturated heterocycles. The van der Waals surface area contributed by atoms with E-state index in [1.165, 1.54) is 6.07 Å². The molecule has 0 radical (unpaired) electrons. The van der Waals surface area contributed by atoms with Crippen LogP contribution in [-0.2, 0) is 11.8 Å². The fourth-order valence-electron chi connectivity index (χ4n) is 4.11. The molecule has 0 unspecified atom stereocenters. The van der Waals surface area contributed by atoms with E-state index < -0.39 is 0 Å². The molecule has 0 spiro atoms. The minimum absolute atomic E-state index is 0.0277. The molecule has 0 bridgehead atoms. The van der Waals surface area contributed by atoms with Crippen molar-refractivity contribution in [2.45, 2.75) is 37.5 Å². The lowest BCUT2D eigenvalue weighted by atomic mass is 9.78. The van der Waals surface area contributed by atoms with E-state index in [2.05, 4.69) is 15.4 Å². The number of nitrogens with one attached hydrogen (secondary N) is 1. The first-order valence-electron chi connectivity index (χ1n) is 9.60. The number of aliphatic hydroxyl groups is 1. The highest BCUT2D eigenvalue weighted by atomic mass is 19.1. The van der Waals surface area contributed by atoms with Crippen LogP contribution in [0.15, 0.2) is 42.7 Å². The monoisotopic (exact) mass is 382 g/mol. The van der Waals surface area contributed by atoms with Crippen LogP contribution in [0.3, 0.4) is 0 Å². The maximum Gasteiger partial charge on any atom is 0.271 e. The van der Waals surface area contributed by atoms with Gasteiger partial charge in [0, 0.05) is 37.0 Å². The highest BCUT2D eigenvalue weighted by molar-refractivity contribution is 5.93. The van der Waals surface area contributed by atoms with Gasteiger partial charge < -0.3 is 10.4 Å². The first kappa shape index (κ1) is 18.6. The van der Waals surface area contributed by atoms with E-state index in [1.807, 2.05) is 12.1 Å². The first-order chi connectivity index (χ1) is 13.6. The number of nitrogens with zero attached hydrogens (tertiary/aromatic N) is 3. The van der Waals surface area contributed by atoms with Crippen molar-refractivity contribution in [2.75, 3.05) is 13.2 Å². The SMILES string of the molecule is O=C(NCC1(c2ccccc2F)CCCC1)c1cc2ncc(CCO)cn2n1. The molecule has 1 aliphatic carbocycles. The molecular formula is C21H23FN4O2. The lowest BCUT2D eigenvalue weighted by molar-refractivity contribution is 0.0937. The molecule has 1 fully saturated rings. The van der Waals surface area contributed by atoms with Gasteiger partial charge in [0.05, 0.1) is 0 Å². The van der Waals surface area contributed by atoms with E-state index >= 15 is 0 Å². The molecule has 1 saturated carbocycles. The Hall–Kier alpha value is -2.80. The number of amides is 1. The summed E-state index contributed by atoms with van der Waals surface area (Å²) < 4.78 is 16.0. The first-order valence-corrected chi connectivity index (χ1v) is 9.60.